The van der Waals surface area contributed by atoms with Crippen LogP contribution >= 0.6 is 0 Å². The molecule has 1 aliphatic heterocycles. The van der Waals surface area contributed by atoms with Gasteiger partial charge in [-0.05, 0) is 175 Å². The van der Waals surface area contributed by atoms with Crippen molar-refractivity contribution in [3.8, 4) is 27.9 Å². The summed E-state index contributed by atoms with van der Waals surface area (Å²) in [5.41, 5.74) is 22.3. The first kappa shape index (κ1) is 45.5. The number of nitrogens with zero attached hydrogens (tertiary/aromatic N) is 4. The van der Waals surface area contributed by atoms with E-state index in [4.69, 9.17) is 0 Å². The number of anilines is 6. The Bertz CT molecular complexity index is 3980. The van der Waals surface area contributed by atoms with Crippen molar-refractivity contribution >= 4 is 62.8 Å². The van der Waals surface area contributed by atoms with E-state index in [1.165, 1.54) is 100 Å². The number of aromatic nitrogens is 1. The fourth-order valence-electron chi connectivity index (χ4n) is 12.3. The second-order valence-corrected chi connectivity index (χ2v) is 20.5. The Morgan fingerprint density at radius 3 is 1.76 bits per heavy atom. The van der Waals surface area contributed by atoms with Gasteiger partial charge in [-0.3, -0.25) is 0 Å². The fourth-order valence-corrected chi connectivity index (χ4v) is 12.3. The number of fused-ring (bicyclic) bond motifs is 6. The van der Waals surface area contributed by atoms with Gasteiger partial charge in [0.25, 0.3) is 0 Å². The van der Waals surface area contributed by atoms with Crippen LogP contribution in [0.4, 0.5) is 34.1 Å². The molecule has 0 bridgehead atoms. The van der Waals surface area contributed by atoms with E-state index in [9.17, 15) is 0 Å². The highest BCUT2D eigenvalue weighted by molar-refractivity contribution is 5.91. The van der Waals surface area contributed by atoms with E-state index >= 15 is 0 Å². The lowest BCUT2D eigenvalue weighted by molar-refractivity contribution is 0.819. The Hall–Kier alpha value is -9.12. The maximum absolute atomic E-state index is 2.52. The van der Waals surface area contributed by atoms with Crippen LogP contribution < -0.4 is 25.3 Å². The average Bonchev–Trinajstić information content (AvgIpc) is 4.06. The topological polar surface area (TPSA) is 14.7 Å². The molecule has 4 nitrogen and oxygen atoms in total. The van der Waals surface area contributed by atoms with Gasteiger partial charge in [0.2, 0.25) is 0 Å². The zero-order chi connectivity index (χ0) is 50.4. The van der Waals surface area contributed by atoms with Gasteiger partial charge in [-0.15, -0.1) is 0 Å². The highest BCUT2D eigenvalue weighted by Gasteiger charge is 2.36. The van der Waals surface area contributed by atoms with Gasteiger partial charge in [-0.2, -0.15) is 0 Å². The first-order valence-corrected chi connectivity index (χ1v) is 27.2. The predicted molar refractivity (Wildman–Crippen MR) is 320 cm³/mol. The number of para-hydroxylation sites is 1. The van der Waals surface area contributed by atoms with E-state index in [-0.39, 0.29) is 0 Å². The van der Waals surface area contributed by atoms with Crippen molar-refractivity contribution in [2.75, 3.05) is 14.7 Å². The van der Waals surface area contributed by atoms with Crippen LogP contribution in [0.3, 0.4) is 0 Å². The minimum absolute atomic E-state index is 0.337. The van der Waals surface area contributed by atoms with E-state index in [1.54, 1.807) is 0 Å². The Labute approximate surface area is 446 Å². The molecule has 1 atom stereocenters. The Kier molecular flexibility index (Phi) is 11.7. The van der Waals surface area contributed by atoms with Crippen molar-refractivity contribution in [1.29, 1.82) is 0 Å². The van der Waals surface area contributed by atoms with Gasteiger partial charge in [-0.1, -0.05) is 170 Å². The Morgan fingerprint density at radius 2 is 1.07 bits per heavy atom. The number of rotatable bonds is 11. The molecular formula is C72H58N4. The average molecular weight is 979 g/mol. The third-order valence-corrected chi connectivity index (χ3v) is 16.0. The summed E-state index contributed by atoms with van der Waals surface area (Å²) in [5.74, 6) is 0.337. The lowest BCUT2D eigenvalue weighted by atomic mass is 9.91. The molecule has 2 heterocycles. The van der Waals surface area contributed by atoms with Crippen LogP contribution in [0.1, 0.15) is 62.0 Å². The first-order chi connectivity index (χ1) is 37.7. The first-order valence-electron chi connectivity index (χ1n) is 27.2. The van der Waals surface area contributed by atoms with Crippen molar-refractivity contribution in [3.05, 3.63) is 288 Å². The van der Waals surface area contributed by atoms with Crippen LogP contribution in [0.15, 0.2) is 266 Å². The summed E-state index contributed by atoms with van der Waals surface area (Å²) in [5, 5.41) is 3.89. The molecule has 9 aromatic rings. The molecule has 0 fully saturated rings. The molecule has 4 heteroatoms. The van der Waals surface area contributed by atoms with Crippen LogP contribution in [-0.4, -0.2) is 4.57 Å². The highest BCUT2D eigenvalue weighted by Crippen LogP contribution is 2.52. The molecule has 0 spiro atoms. The SMILES string of the molecule is C1=CCC2C(=C1)N(c1ccc(-c3ccccc3)cc1)c1cc(N(C3=CCCC=C3)C3=CC=C(c4ccc(N(c5ccccc5)c5ccc6c7c(n(-c8ccc(-c9ccccc9)cc8)c6c5)=CCCC=7)cc4)CC3)ccc12. The number of allylic oxidation sites excluding steroid dienone is 11. The van der Waals surface area contributed by atoms with Gasteiger partial charge in [0.1, 0.15) is 0 Å². The predicted octanol–water partition coefficient (Wildman–Crippen LogP) is 17.7. The normalized spacial score (nSPS) is 16.3. The molecule has 366 valence electrons. The molecule has 0 N–H and O–H groups in total. The number of hydrogen-bond donors (Lipinski definition) is 0. The zero-order valence-electron chi connectivity index (χ0n) is 42.6. The third-order valence-electron chi connectivity index (χ3n) is 16.0. The van der Waals surface area contributed by atoms with Crippen molar-refractivity contribution in [3.63, 3.8) is 0 Å². The second-order valence-electron chi connectivity index (χ2n) is 20.5. The van der Waals surface area contributed by atoms with Gasteiger partial charge in [0.05, 0.1) is 11.2 Å². The van der Waals surface area contributed by atoms with Crippen LogP contribution in [0.5, 0.6) is 0 Å². The minimum Gasteiger partial charge on any atom is -0.314 e. The summed E-state index contributed by atoms with van der Waals surface area (Å²) in [4.78, 5) is 7.43. The lowest BCUT2D eigenvalue weighted by Crippen LogP contribution is -2.30. The van der Waals surface area contributed by atoms with E-state index in [0.717, 1.165) is 62.0 Å². The molecule has 76 heavy (non-hydrogen) atoms. The number of benzene rings is 8. The quantitative estimate of drug-likeness (QED) is 0.128. The lowest BCUT2D eigenvalue weighted by Gasteiger charge is -2.32. The molecule has 0 amide bonds. The molecule has 0 saturated carbocycles. The van der Waals surface area contributed by atoms with Crippen molar-refractivity contribution < 1.29 is 0 Å². The molecule has 5 aliphatic rings. The Morgan fingerprint density at radius 1 is 0.447 bits per heavy atom. The van der Waals surface area contributed by atoms with Gasteiger partial charge in [-0.25, -0.2) is 0 Å². The monoisotopic (exact) mass is 978 g/mol. The molecule has 1 unspecified atom stereocenters. The van der Waals surface area contributed by atoms with Gasteiger partial charge < -0.3 is 19.3 Å². The minimum atomic E-state index is 0.337. The number of hydrogen-bond acceptors (Lipinski definition) is 3. The maximum Gasteiger partial charge on any atom is 0.0561 e. The van der Waals surface area contributed by atoms with Crippen molar-refractivity contribution in [1.82, 2.24) is 4.57 Å². The Balaban J connectivity index is 0.788. The van der Waals surface area contributed by atoms with Crippen molar-refractivity contribution in [2.24, 2.45) is 0 Å². The van der Waals surface area contributed by atoms with Crippen LogP contribution in [-0.2, 0) is 0 Å². The standard InChI is InChI=1S/C72H58N4/c1-5-17-51(18-6-1)53-33-41-61(42-34-53)75-69-27-15-13-25-65(69)67-47-45-63(49-71(67)75)73(57-21-9-3-10-22-57)59-37-29-55(30-38-59)56-31-39-60(40-32-56)74(58-23-11-4-12-24-58)64-46-48-68-66-26-14-16-28-70(66)76(72(68)50-64)62-43-35-54(36-44-62)52-19-7-2-8-20-52/h1-3,5-11,14,16-25,27-31,33-39,41-50,66H,4,12-13,15,26,32,40H2. The summed E-state index contributed by atoms with van der Waals surface area (Å²) in [6.07, 6.45) is 30.6. The van der Waals surface area contributed by atoms with Crippen LogP contribution in [0.2, 0.25) is 0 Å². The molecule has 14 rings (SSSR count). The van der Waals surface area contributed by atoms with Crippen LogP contribution in [0, 0.1) is 0 Å². The van der Waals surface area contributed by atoms with Gasteiger partial charge in [0.15, 0.2) is 0 Å². The van der Waals surface area contributed by atoms with Gasteiger partial charge >= 0.3 is 0 Å². The van der Waals surface area contributed by atoms with Gasteiger partial charge in [0, 0.05) is 73.1 Å². The summed E-state index contributed by atoms with van der Waals surface area (Å²) in [6, 6.07) is 73.8. The smallest absolute Gasteiger partial charge is 0.0561 e. The largest absolute Gasteiger partial charge is 0.314 e. The molecule has 8 aromatic carbocycles. The summed E-state index contributed by atoms with van der Waals surface area (Å²) in [7, 11) is 0. The third kappa shape index (κ3) is 8.27. The molecule has 1 aromatic heterocycles. The molecular weight excluding hydrogens is 921 g/mol. The van der Waals surface area contributed by atoms with E-state index in [1.807, 2.05) is 0 Å². The second kappa shape index (κ2) is 19.6. The molecule has 0 saturated heterocycles. The fraction of sp³-hybridized carbons (Fsp3) is 0.111. The van der Waals surface area contributed by atoms with E-state index in [2.05, 4.69) is 280 Å². The molecule has 0 radical (unpaired) electrons. The molecule has 4 aliphatic carbocycles. The summed E-state index contributed by atoms with van der Waals surface area (Å²) in [6.45, 7) is 0. The van der Waals surface area contributed by atoms with E-state index < -0.39 is 0 Å². The van der Waals surface area contributed by atoms with E-state index in [0.29, 0.717) is 5.92 Å². The van der Waals surface area contributed by atoms with Crippen molar-refractivity contribution in [2.45, 2.75) is 50.9 Å². The maximum atomic E-state index is 2.52. The zero-order valence-corrected chi connectivity index (χ0v) is 42.6. The summed E-state index contributed by atoms with van der Waals surface area (Å²) >= 11 is 0. The summed E-state index contributed by atoms with van der Waals surface area (Å²) < 4.78 is 2.47. The van der Waals surface area contributed by atoms with Crippen LogP contribution in [0.25, 0.3) is 56.6 Å². The highest BCUT2D eigenvalue weighted by atomic mass is 15.2.